The van der Waals surface area contributed by atoms with Gasteiger partial charge < -0.3 is 79.9 Å². The van der Waals surface area contributed by atoms with Crippen LogP contribution in [0.3, 0.4) is 0 Å². The molecule has 0 aliphatic carbocycles. The van der Waals surface area contributed by atoms with Gasteiger partial charge in [-0.3, -0.25) is 0 Å². The monoisotopic (exact) mass is 504 g/mol. The zero-order valence-corrected chi connectivity index (χ0v) is 17.7. The molecule has 34 heavy (non-hydrogen) atoms. The molecule has 11 N–H and O–H groups in total. The van der Waals surface area contributed by atoms with Gasteiger partial charge in [-0.05, 0) is 0 Å². The van der Waals surface area contributed by atoms with E-state index in [1.807, 2.05) is 0 Å². The third-order valence-electron chi connectivity index (χ3n) is 6.09. The highest BCUT2D eigenvalue weighted by atomic mass is 16.8. The Morgan fingerprint density at radius 2 is 0.853 bits per heavy atom. The van der Waals surface area contributed by atoms with Crippen molar-refractivity contribution < 1.29 is 79.9 Å². The van der Waals surface area contributed by atoms with Crippen LogP contribution in [0, 0.1) is 0 Å². The molecule has 0 aromatic rings. The number of aliphatic hydroxyl groups excluding tert-OH is 11. The van der Waals surface area contributed by atoms with E-state index < -0.39 is 112 Å². The summed E-state index contributed by atoms with van der Waals surface area (Å²) in [5.74, 6) is 0. The van der Waals surface area contributed by atoms with Gasteiger partial charge >= 0.3 is 0 Å². The van der Waals surface area contributed by atoms with Gasteiger partial charge in [0.05, 0.1) is 19.8 Å². The molecule has 0 amide bonds. The average molecular weight is 504 g/mol. The molecule has 3 aliphatic rings. The first-order valence-electron chi connectivity index (χ1n) is 10.6. The second kappa shape index (κ2) is 11.6. The van der Waals surface area contributed by atoms with Gasteiger partial charge in [-0.2, -0.15) is 0 Å². The van der Waals surface area contributed by atoms with Crippen LogP contribution in [0.5, 0.6) is 0 Å². The Morgan fingerprint density at radius 1 is 0.441 bits per heavy atom. The van der Waals surface area contributed by atoms with Gasteiger partial charge in [-0.25, -0.2) is 0 Å². The molecule has 16 nitrogen and oxygen atoms in total. The van der Waals surface area contributed by atoms with E-state index in [9.17, 15) is 56.2 Å². The Hall–Kier alpha value is -0.640. The minimum absolute atomic E-state index is 0.741. The predicted molar refractivity (Wildman–Crippen MR) is 101 cm³/mol. The summed E-state index contributed by atoms with van der Waals surface area (Å²) in [6, 6.07) is 0. The SMILES string of the molecule is OC[C@H]1O[C@@H](O[C@H]2[C@H](O)[C@H](O)[C@H](O[C@H]3[C@H](O)[C@H](O)[C@H](O)O[C@@H]3CO)O[C@@H]2CO)[C@H](O)[C@@H](O)[C@@H]1O. The molecular formula is C18H32O16. The van der Waals surface area contributed by atoms with Crippen LogP contribution in [0.2, 0.25) is 0 Å². The molecule has 3 rings (SSSR count). The Kier molecular flexibility index (Phi) is 9.54. The topological polar surface area (TPSA) is 269 Å². The van der Waals surface area contributed by atoms with Crippen molar-refractivity contribution in [1.82, 2.24) is 0 Å². The smallest absolute Gasteiger partial charge is 0.187 e. The molecule has 3 fully saturated rings. The summed E-state index contributed by atoms with van der Waals surface area (Å²) < 4.78 is 26.4. The molecule has 200 valence electrons. The van der Waals surface area contributed by atoms with Crippen molar-refractivity contribution >= 4 is 0 Å². The van der Waals surface area contributed by atoms with Crippen LogP contribution in [0.25, 0.3) is 0 Å². The lowest BCUT2D eigenvalue weighted by molar-refractivity contribution is -0.377. The maximum atomic E-state index is 10.6. The van der Waals surface area contributed by atoms with E-state index in [2.05, 4.69) is 0 Å². The second-order valence-corrected chi connectivity index (χ2v) is 8.33. The van der Waals surface area contributed by atoms with Gasteiger partial charge in [-0.15, -0.1) is 0 Å². The molecule has 0 aromatic carbocycles. The van der Waals surface area contributed by atoms with Crippen molar-refractivity contribution in [2.75, 3.05) is 19.8 Å². The van der Waals surface area contributed by atoms with Gasteiger partial charge in [0.25, 0.3) is 0 Å². The van der Waals surface area contributed by atoms with Crippen molar-refractivity contribution in [2.45, 2.75) is 92.1 Å². The third kappa shape index (κ3) is 5.37. The summed E-state index contributed by atoms with van der Waals surface area (Å²) in [5, 5.41) is 109. The van der Waals surface area contributed by atoms with Crippen LogP contribution in [-0.2, 0) is 23.7 Å². The van der Waals surface area contributed by atoms with Crippen molar-refractivity contribution in [3.05, 3.63) is 0 Å². The van der Waals surface area contributed by atoms with Crippen LogP contribution in [0.15, 0.2) is 0 Å². The van der Waals surface area contributed by atoms with Crippen molar-refractivity contribution in [1.29, 1.82) is 0 Å². The lowest BCUT2D eigenvalue weighted by Crippen LogP contribution is -2.66. The lowest BCUT2D eigenvalue weighted by Gasteiger charge is -2.47. The zero-order chi connectivity index (χ0) is 25.3. The molecule has 16 heteroatoms. The third-order valence-corrected chi connectivity index (χ3v) is 6.09. The molecule has 3 heterocycles. The van der Waals surface area contributed by atoms with Gasteiger partial charge in [0, 0.05) is 0 Å². The Bertz CT molecular complexity index is 635. The fourth-order valence-corrected chi connectivity index (χ4v) is 4.06. The number of aliphatic hydroxyl groups is 11. The minimum Gasteiger partial charge on any atom is -0.394 e. The molecule has 0 bridgehead atoms. The van der Waals surface area contributed by atoms with Gasteiger partial charge in [-0.1, -0.05) is 0 Å². The van der Waals surface area contributed by atoms with Crippen LogP contribution in [0.4, 0.5) is 0 Å². The van der Waals surface area contributed by atoms with E-state index >= 15 is 0 Å². The maximum absolute atomic E-state index is 10.6. The van der Waals surface area contributed by atoms with Crippen molar-refractivity contribution in [3.63, 3.8) is 0 Å². The van der Waals surface area contributed by atoms with Gasteiger partial charge in [0.15, 0.2) is 18.9 Å². The number of ether oxygens (including phenoxy) is 5. The summed E-state index contributed by atoms with van der Waals surface area (Å²) in [6.45, 7) is -2.32. The Labute approximate surface area is 192 Å². The number of hydrogen-bond acceptors (Lipinski definition) is 16. The van der Waals surface area contributed by atoms with E-state index in [0.717, 1.165) is 0 Å². The van der Waals surface area contributed by atoms with E-state index in [1.165, 1.54) is 0 Å². The normalized spacial score (nSPS) is 52.5. The first-order chi connectivity index (χ1) is 16.0. The van der Waals surface area contributed by atoms with Crippen LogP contribution < -0.4 is 0 Å². The summed E-state index contributed by atoms with van der Waals surface area (Å²) in [7, 11) is 0. The summed E-state index contributed by atoms with van der Waals surface area (Å²) in [5.41, 5.74) is 0. The first kappa shape index (κ1) is 27.9. The largest absolute Gasteiger partial charge is 0.394 e. The number of rotatable bonds is 7. The van der Waals surface area contributed by atoms with Gasteiger partial charge in [0.1, 0.15) is 73.2 Å². The lowest BCUT2D eigenvalue weighted by atomic mass is 9.96. The Balaban J connectivity index is 1.72. The quantitative estimate of drug-likeness (QED) is 0.154. The summed E-state index contributed by atoms with van der Waals surface area (Å²) >= 11 is 0. The van der Waals surface area contributed by atoms with E-state index in [0.29, 0.717) is 0 Å². The van der Waals surface area contributed by atoms with Crippen LogP contribution in [-0.4, -0.2) is 168 Å². The van der Waals surface area contributed by atoms with Gasteiger partial charge in [0.2, 0.25) is 0 Å². The van der Waals surface area contributed by atoms with Crippen LogP contribution >= 0.6 is 0 Å². The second-order valence-electron chi connectivity index (χ2n) is 8.33. The highest BCUT2D eigenvalue weighted by molar-refractivity contribution is 4.96. The van der Waals surface area contributed by atoms with E-state index in [1.54, 1.807) is 0 Å². The predicted octanol–water partition coefficient (Wildman–Crippen LogP) is -7.57. The molecule has 0 radical (unpaired) electrons. The molecule has 0 saturated carbocycles. The first-order valence-corrected chi connectivity index (χ1v) is 10.6. The molecule has 0 spiro atoms. The average Bonchev–Trinajstić information content (AvgIpc) is 2.83. The van der Waals surface area contributed by atoms with E-state index in [4.69, 9.17) is 23.7 Å². The zero-order valence-electron chi connectivity index (χ0n) is 17.7. The van der Waals surface area contributed by atoms with Crippen molar-refractivity contribution in [3.8, 4) is 0 Å². The highest BCUT2D eigenvalue weighted by Crippen LogP contribution is 2.32. The summed E-state index contributed by atoms with van der Waals surface area (Å²) in [4.78, 5) is 0. The molecular weight excluding hydrogens is 472 g/mol. The molecule has 3 saturated heterocycles. The molecule has 3 aliphatic heterocycles. The number of hydrogen-bond donors (Lipinski definition) is 11. The Morgan fingerprint density at radius 3 is 1.35 bits per heavy atom. The molecule has 15 atom stereocenters. The highest BCUT2D eigenvalue weighted by Gasteiger charge is 2.53. The molecule has 0 unspecified atom stereocenters. The molecule has 0 aromatic heterocycles. The summed E-state index contributed by atoms with van der Waals surface area (Å²) in [6.07, 6.45) is -25.1. The fourth-order valence-electron chi connectivity index (χ4n) is 4.06. The fraction of sp³-hybridized carbons (Fsp3) is 1.00. The maximum Gasteiger partial charge on any atom is 0.187 e. The van der Waals surface area contributed by atoms with Crippen molar-refractivity contribution in [2.24, 2.45) is 0 Å². The minimum atomic E-state index is -1.91. The van der Waals surface area contributed by atoms with E-state index in [-0.39, 0.29) is 0 Å². The van der Waals surface area contributed by atoms with Crippen LogP contribution in [0.1, 0.15) is 0 Å². The standard InChI is InChI=1S/C18H32O16/c19-1-4-7(22)8(23)12(27)17(31-4)34-15-6(3-21)32-18(13(28)10(15)25)33-14-5(2-20)30-16(29)11(26)9(14)24/h4-29H,1-3H2/t4-,5-,6-,7-,8+,9-,10-,11+,12-,13+,14-,15-,16-,17+,18+/m1/s1.